The molecular weight excluding hydrogens is 259 g/mol. The van der Waals surface area contributed by atoms with E-state index in [0.29, 0.717) is 0 Å². The van der Waals surface area contributed by atoms with Gasteiger partial charge in [-0.05, 0) is 17.8 Å². The molecule has 0 spiro atoms. The van der Waals surface area contributed by atoms with Crippen molar-refractivity contribution < 1.29 is 23.1 Å². The van der Waals surface area contributed by atoms with Crippen LogP contribution >= 0.6 is 0 Å². The highest BCUT2D eigenvalue weighted by molar-refractivity contribution is 5.82. The Morgan fingerprint density at radius 1 is 0.947 bits per heavy atom. The summed E-state index contributed by atoms with van der Waals surface area (Å²) in [5.41, 5.74) is 4.50. The van der Waals surface area contributed by atoms with Gasteiger partial charge >= 0.3 is 12.1 Å². The molecule has 0 saturated heterocycles. The molecule has 3 nitrogen and oxygen atoms in total. The van der Waals surface area contributed by atoms with Crippen molar-refractivity contribution in [3.8, 4) is 0 Å². The number of rotatable bonds is 0. The van der Waals surface area contributed by atoms with Gasteiger partial charge in [0.2, 0.25) is 0 Å². The first kappa shape index (κ1) is 16.9. The lowest BCUT2D eigenvalue weighted by Crippen LogP contribution is -2.21. The Morgan fingerprint density at radius 3 is 1.32 bits per heavy atom. The quantitative estimate of drug-likeness (QED) is 0.775. The van der Waals surface area contributed by atoms with E-state index in [1.54, 1.807) is 0 Å². The maximum absolute atomic E-state index is 10.6. The third kappa shape index (κ3) is 6.42. The van der Waals surface area contributed by atoms with Gasteiger partial charge in [0, 0.05) is 0 Å². The zero-order valence-corrected chi connectivity index (χ0v) is 10.2. The Morgan fingerprint density at radius 2 is 1.16 bits per heavy atom. The van der Waals surface area contributed by atoms with E-state index in [1.165, 1.54) is 17.8 Å². The molecule has 0 fully saturated rings. The Hall–Kier alpha value is -2.08. The maximum atomic E-state index is 10.6. The van der Waals surface area contributed by atoms with Crippen LogP contribution in [0.5, 0.6) is 0 Å². The SMILES string of the molecule is CN.O=C(O)C(F)(F)F.c1ccc2ccccc2c1. The molecule has 0 radical (unpaired) electrons. The average molecular weight is 273 g/mol. The normalized spacial score (nSPS) is 9.74. The number of hydrogen-bond acceptors (Lipinski definition) is 2. The smallest absolute Gasteiger partial charge is 0.475 e. The zero-order valence-electron chi connectivity index (χ0n) is 10.2. The van der Waals surface area contributed by atoms with Crippen molar-refractivity contribution in [2.75, 3.05) is 7.05 Å². The number of carboxylic acid groups (broad SMARTS) is 1. The first-order chi connectivity index (χ1) is 8.91. The van der Waals surface area contributed by atoms with Crippen LogP contribution in [0.4, 0.5) is 13.2 Å². The van der Waals surface area contributed by atoms with E-state index in [-0.39, 0.29) is 0 Å². The predicted octanol–water partition coefficient (Wildman–Crippen LogP) is 3.05. The van der Waals surface area contributed by atoms with Gasteiger partial charge in [0.15, 0.2) is 0 Å². The fourth-order valence-corrected chi connectivity index (χ4v) is 1.13. The van der Waals surface area contributed by atoms with Crippen LogP contribution in [0.15, 0.2) is 48.5 Å². The van der Waals surface area contributed by atoms with Gasteiger partial charge in [-0.15, -0.1) is 0 Å². The number of aliphatic carboxylic acids is 1. The standard InChI is InChI=1S/C10H8.C2HF3O2.CH5N/c1-2-6-10-8-4-3-7-9(10)5-1;3-2(4,5)1(6)7;1-2/h1-8H;(H,6,7);2H2,1H3. The molecule has 6 heteroatoms. The summed E-state index contributed by atoms with van der Waals surface area (Å²) in [5.74, 6) is -2.76. The number of carboxylic acids is 1. The fraction of sp³-hybridized carbons (Fsp3) is 0.154. The average Bonchev–Trinajstić information content (AvgIpc) is 2.41. The summed E-state index contributed by atoms with van der Waals surface area (Å²) in [5, 5.41) is 9.75. The molecule has 3 N–H and O–H groups in total. The highest BCUT2D eigenvalue weighted by Crippen LogP contribution is 2.13. The van der Waals surface area contributed by atoms with E-state index in [2.05, 4.69) is 54.3 Å². The monoisotopic (exact) mass is 273 g/mol. The topological polar surface area (TPSA) is 63.3 Å². The van der Waals surface area contributed by atoms with Gasteiger partial charge in [-0.2, -0.15) is 13.2 Å². The Kier molecular flexibility index (Phi) is 7.21. The number of fused-ring (bicyclic) bond motifs is 1. The number of alkyl halides is 3. The maximum Gasteiger partial charge on any atom is 0.490 e. The number of hydrogen-bond donors (Lipinski definition) is 2. The van der Waals surface area contributed by atoms with Crippen LogP contribution in [0.2, 0.25) is 0 Å². The van der Waals surface area contributed by atoms with Crippen LogP contribution in [0.25, 0.3) is 10.8 Å². The highest BCUT2D eigenvalue weighted by atomic mass is 19.4. The van der Waals surface area contributed by atoms with Gasteiger partial charge in [0.05, 0.1) is 0 Å². The lowest BCUT2D eigenvalue weighted by Gasteiger charge is -1.93. The second-order valence-corrected chi connectivity index (χ2v) is 3.15. The van der Waals surface area contributed by atoms with Gasteiger partial charge < -0.3 is 10.8 Å². The van der Waals surface area contributed by atoms with Gasteiger partial charge in [0.25, 0.3) is 0 Å². The molecule has 0 unspecified atom stereocenters. The van der Waals surface area contributed by atoms with Crippen LogP contribution < -0.4 is 5.73 Å². The van der Waals surface area contributed by atoms with Crippen molar-refractivity contribution in [2.45, 2.75) is 6.18 Å². The molecule has 2 rings (SSSR count). The largest absolute Gasteiger partial charge is 0.490 e. The summed E-state index contributed by atoms with van der Waals surface area (Å²) in [4.78, 5) is 8.90. The molecule has 19 heavy (non-hydrogen) atoms. The van der Waals surface area contributed by atoms with E-state index < -0.39 is 12.1 Å². The van der Waals surface area contributed by atoms with Crippen LogP contribution in [0.3, 0.4) is 0 Å². The molecule has 2 aromatic rings. The number of halogens is 3. The lowest BCUT2D eigenvalue weighted by atomic mass is 10.1. The summed E-state index contributed by atoms with van der Waals surface area (Å²) in [7, 11) is 1.50. The third-order valence-corrected chi connectivity index (χ3v) is 1.90. The summed E-state index contributed by atoms with van der Waals surface area (Å²) in [6.07, 6.45) is -5.08. The molecule has 0 aromatic heterocycles. The van der Waals surface area contributed by atoms with Crippen molar-refractivity contribution in [3.05, 3.63) is 48.5 Å². The minimum atomic E-state index is -5.08. The van der Waals surface area contributed by atoms with E-state index in [1.807, 2.05) is 0 Å². The molecule has 0 amide bonds. The van der Waals surface area contributed by atoms with Gasteiger partial charge in [-0.25, -0.2) is 4.79 Å². The predicted molar refractivity (Wildman–Crippen MR) is 67.8 cm³/mol. The van der Waals surface area contributed by atoms with E-state index in [0.717, 1.165) is 0 Å². The molecule has 0 bridgehead atoms. The third-order valence-electron chi connectivity index (χ3n) is 1.90. The molecule has 0 aliphatic carbocycles. The van der Waals surface area contributed by atoms with Crippen molar-refractivity contribution in [3.63, 3.8) is 0 Å². The Labute approximate surface area is 108 Å². The summed E-state index contributed by atoms with van der Waals surface area (Å²) >= 11 is 0. The number of carbonyl (C=O) groups is 1. The molecule has 0 saturated carbocycles. The van der Waals surface area contributed by atoms with Crippen molar-refractivity contribution in [1.82, 2.24) is 0 Å². The minimum absolute atomic E-state index is 1.31. The fourth-order valence-electron chi connectivity index (χ4n) is 1.13. The second-order valence-electron chi connectivity index (χ2n) is 3.15. The molecule has 0 heterocycles. The Balaban J connectivity index is 0.000000321. The molecule has 0 atom stereocenters. The van der Waals surface area contributed by atoms with E-state index in [4.69, 9.17) is 9.90 Å². The number of nitrogens with two attached hydrogens (primary N) is 1. The van der Waals surface area contributed by atoms with Crippen LogP contribution in [-0.2, 0) is 4.79 Å². The first-order valence-electron chi connectivity index (χ1n) is 5.23. The molecule has 0 aliphatic rings. The van der Waals surface area contributed by atoms with Crippen LogP contribution in [0, 0.1) is 0 Å². The molecule has 104 valence electrons. The Bertz CT molecular complexity index is 447. The minimum Gasteiger partial charge on any atom is -0.475 e. The molecule has 0 aliphatic heterocycles. The van der Waals surface area contributed by atoms with Crippen LogP contribution in [0.1, 0.15) is 0 Å². The van der Waals surface area contributed by atoms with E-state index in [9.17, 15) is 13.2 Å². The molecule has 2 aromatic carbocycles. The summed E-state index contributed by atoms with van der Waals surface area (Å²) in [6.45, 7) is 0. The summed E-state index contributed by atoms with van der Waals surface area (Å²) in [6, 6.07) is 16.7. The van der Waals surface area contributed by atoms with Crippen LogP contribution in [-0.4, -0.2) is 24.3 Å². The molecular formula is C13H14F3NO2. The van der Waals surface area contributed by atoms with E-state index >= 15 is 0 Å². The number of benzene rings is 2. The highest BCUT2D eigenvalue weighted by Gasteiger charge is 2.38. The van der Waals surface area contributed by atoms with Gasteiger partial charge in [-0.3, -0.25) is 0 Å². The van der Waals surface area contributed by atoms with Crippen molar-refractivity contribution in [1.29, 1.82) is 0 Å². The first-order valence-corrected chi connectivity index (χ1v) is 5.23. The van der Waals surface area contributed by atoms with Gasteiger partial charge in [0.1, 0.15) is 0 Å². The van der Waals surface area contributed by atoms with Crippen molar-refractivity contribution in [2.24, 2.45) is 5.73 Å². The summed E-state index contributed by atoms with van der Waals surface area (Å²) < 4.78 is 31.7. The second kappa shape index (κ2) is 8.10. The lowest BCUT2D eigenvalue weighted by molar-refractivity contribution is -0.192. The van der Waals surface area contributed by atoms with Crippen molar-refractivity contribution >= 4 is 16.7 Å². The zero-order chi connectivity index (χ0) is 14.9. The van der Waals surface area contributed by atoms with Gasteiger partial charge in [-0.1, -0.05) is 48.5 Å².